The molecule has 1 aliphatic carbocycles. The standard InChI is InChI=1S/C45H71NO11/c1-10-20-55-37-26-32(16-18-36(37)48)24-30(6)40-29(5)15-17-35(47)33(11-2)22-27(3)21-28(4)23-38(53-8)41-39(54-9)25-31(7)45(52,57-41)42(49)43(50)46-19-13-12-14-34(46)44(51)56-40/h10,22,24,28-29,31-34,36-41,48,52H,1,11-21,23,25-26H2,2-9H3. The van der Waals surface area contributed by atoms with Gasteiger partial charge in [0.1, 0.15) is 24.0 Å². The number of carbonyl (C=O) groups excluding carboxylic acids is 4. The summed E-state index contributed by atoms with van der Waals surface area (Å²) in [6.45, 7) is 15.9. The zero-order chi connectivity index (χ0) is 42.0. The Morgan fingerprint density at radius 3 is 2.37 bits per heavy atom. The quantitative estimate of drug-likeness (QED) is 0.167. The van der Waals surface area contributed by atoms with Gasteiger partial charge in [-0.25, -0.2) is 4.79 Å². The first-order chi connectivity index (χ1) is 27.1. The zero-order valence-corrected chi connectivity index (χ0v) is 35.8. The van der Waals surface area contributed by atoms with Crippen LogP contribution in [0.4, 0.5) is 0 Å². The number of ketones is 2. The highest BCUT2D eigenvalue weighted by Crippen LogP contribution is 2.39. The fourth-order valence-electron chi connectivity index (χ4n) is 9.51. The zero-order valence-electron chi connectivity index (χ0n) is 35.8. The molecule has 0 aromatic rings. The van der Waals surface area contributed by atoms with Crippen LogP contribution < -0.4 is 0 Å². The van der Waals surface area contributed by atoms with E-state index in [-0.39, 0.29) is 48.5 Å². The van der Waals surface area contributed by atoms with Crippen molar-refractivity contribution in [3.05, 3.63) is 36.0 Å². The molecular weight excluding hydrogens is 730 g/mol. The average molecular weight is 802 g/mol. The average Bonchev–Trinajstić information content (AvgIpc) is 3.19. The number of cyclic esters (lactones) is 1. The summed E-state index contributed by atoms with van der Waals surface area (Å²) in [5, 5.41) is 22.6. The molecule has 57 heavy (non-hydrogen) atoms. The molecule has 4 aliphatic rings. The first-order valence-electron chi connectivity index (χ1n) is 21.4. The Balaban J connectivity index is 1.73. The van der Waals surface area contributed by atoms with Crippen molar-refractivity contribution in [3.63, 3.8) is 0 Å². The van der Waals surface area contributed by atoms with Gasteiger partial charge in [0.2, 0.25) is 5.79 Å². The molecule has 2 saturated heterocycles. The molecule has 1 amide bonds. The summed E-state index contributed by atoms with van der Waals surface area (Å²) >= 11 is 0. The second-order valence-electron chi connectivity index (χ2n) is 17.4. The van der Waals surface area contributed by atoms with Gasteiger partial charge in [-0.3, -0.25) is 14.4 Å². The van der Waals surface area contributed by atoms with E-state index in [0.29, 0.717) is 70.8 Å². The number of esters is 1. The number of methoxy groups -OCH3 is 2. The molecule has 12 heteroatoms. The second kappa shape index (κ2) is 21.5. The minimum absolute atomic E-state index is 0.0590. The minimum Gasteiger partial charge on any atom is -0.456 e. The molecule has 13 atom stereocenters. The molecule has 2 N–H and O–H groups in total. The van der Waals surface area contributed by atoms with Crippen LogP contribution in [0.1, 0.15) is 119 Å². The van der Waals surface area contributed by atoms with Gasteiger partial charge in [-0.15, -0.1) is 6.58 Å². The van der Waals surface area contributed by atoms with Gasteiger partial charge < -0.3 is 38.8 Å². The van der Waals surface area contributed by atoms with Crippen LogP contribution in [0.25, 0.3) is 0 Å². The molecule has 1 saturated carbocycles. The third kappa shape index (κ3) is 11.7. The van der Waals surface area contributed by atoms with Crippen LogP contribution in [-0.2, 0) is 42.9 Å². The van der Waals surface area contributed by atoms with E-state index >= 15 is 0 Å². The van der Waals surface area contributed by atoms with Crippen LogP contribution in [-0.4, -0.2) is 114 Å². The number of rotatable bonds is 8. The Morgan fingerprint density at radius 1 is 1.00 bits per heavy atom. The van der Waals surface area contributed by atoms with E-state index in [4.69, 9.17) is 23.7 Å². The lowest BCUT2D eigenvalue weighted by Crippen LogP contribution is -2.64. The second-order valence-corrected chi connectivity index (χ2v) is 17.4. The van der Waals surface area contributed by atoms with Crippen molar-refractivity contribution in [1.82, 2.24) is 4.90 Å². The fourth-order valence-corrected chi connectivity index (χ4v) is 9.51. The molecule has 4 rings (SSSR count). The molecule has 3 aliphatic heterocycles. The molecule has 0 aromatic heterocycles. The highest BCUT2D eigenvalue weighted by atomic mass is 16.7. The van der Waals surface area contributed by atoms with Crippen LogP contribution in [0.2, 0.25) is 0 Å². The highest BCUT2D eigenvalue weighted by Gasteiger charge is 2.56. The number of nitrogens with zero attached hydrogens (tertiary/aromatic N) is 1. The van der Waals surface area contributed by atoms with Gasteiger partial charge in [0.15, 0.2) is 0 Å². The number of allylic oxidation sites excluding steroid dienone is 3. The van der Waals surface area contributed by atoms with Crippen molar-refractivity contribution in [2.75, 3.05) is 27.4 Å². The van der Waals surface area contributed by atoms with E-state index in [1.54, 1.807) is 27.2 Å². The predicted octanol–water partition coefficient (Wildman–Crippen LogP) is 6.06. The maximum absolute atomic E-state index is 14.3. The molecule has 2 bridgehead atoms. The van der Waals surface area contributed by atoms with Crippen molar-refractivity contribution in [1.29, 1.82) is 0 Å². The van der Waals surface area contributed by atoms with Crippen LogP contribution in [0, 0.1) is 29.6 Å². The van der Waals surface area contributed by atoms with Crippen LogP contribution in [0.15, 0.2) is 36.0 Å². The molecule has 0 spiro atoms. The van der Waals surface area contributed by atoms with E-state index in [2.05, 4.69) is 25.7 Å². The van der Waals surface area contributed by atoms with Crippen LogP contribution in [0.5, 0.6) is 0 Å². The number of fused-ring (bicyclic) bond motifs is 3. The maximum atomic E-state index is 14.3. The Bertz CT molecular complexity index is 1460. The Morgan fingerprint density at radius 2 is 1.70 bits per heavy atom. The third-order valence-electron chi connectivity index (χ3n) is 12.9. The molecule has 13 unspecified atom stereocenters. The van der Waals surface area contributed by atoms with Crippen LogP contribution in [0.3, 0.4) is 0 Å². The number of hydrogen-bond donors (Lipinski definition) is 2. The summed E-state index contributed by atoms with van der Waals surface area (Å²) in [4.78, 5) is 57.8. The van der Waals surface area contributed by atoms with Gasteiger partial charge in [0.25, 0.3) is 11.7 Å². The normalized spacial score (nSPS) is 38.7. The lowest BCUT2D eigenvalue weighted by atomic mass is 9.82. The minimum atomic E-state index is -2.47. The molecule has 322 valence electrons. The smallest absolute Gasteiger partial charge is 0.329 e. The highest BCUT2D eigenvalue weighted by molar-refractivity contribution is 6.39. The number of hydrogen-bond acceptors (Lipinski definition) is 11. The van der Waals surface area contributed by atoms with Gasteiger partial charge in [0.05, 0.1) is 31.0 Å². The van der Waals surface area contributed by atoms with Gasteiger partial charge in [-0.1, -0.05) is 51.5 Å². The summed E-state index contributed by atoms with van der Waals surface area (Å²) in [7, 11) is 3.10. The van der Waals surface area contributed by atoms with E-state index in [1.807, 2.05) is 27.7 Å². The number of Topliss-reactive ketones (excluding diaryl/α,β-unsaturated/α-hetero) is 2. The van der Waals surface area contributed by atoms with Gasteiger partial charge in [-0.2, -0.15) is 0 Å². The number of carbonyl (C=O) groups is 4. The summed E-state index contributed by atoms with van der Waals surface area (Å²) in [5.74, 6) is -6.26. The van der Waals surface area contributed by atoms with E-state index in [1.165, 1.54) is 4.90 Å². The summed E-state index contributed by atoms with van der Waals surface area (Å²) < 4.78 is 30.3. The van der Waals surface area contributed by atoms with Gasteiger partial charge in [-0.05, 0) is 108 Å². The summed E-state index contributed by atoms with van der Waals surface area (Å²) in [6, 6.07) is -1.05. The number of ether oxygens (including phenoxy) is 5. The monoisotopic (exact) mass is 802 g/mol. The first-order valence-corrected chi connectivity index (χ1v) is 21.4. The predicted molar refractivity (Wildman–Crippen MR) is 216 cm³/mol. The Kier molecular flexibility index (Phi) is 17.7. The molecule has 3 heterocycles. The third-order valence-corrected chi connectivity index (χ3v) is 12.9. The first kappa shape index (κ1) is 46.9. The van der Waals surface area contributed by atoms with E-state index < -0.39 is 65.9 Å². The maximum Gasteiger partial charge on any atom is 0.329 e. The van der Waals surface area contributed by atoms with E-state index in [9.17, 15) is 29.4 Å². The number of aliphatic hydroxyl groups excluding tert-OH is 1. The molecule has 0 radical (unpaired) electrons. The van der Waals surface area contributed by atoms with Crippen molar-refractivity contribution in [2.24, 2.45) is 29.6 Å². The Labute approximate surface area is 340 Å². The summed E-state index contributed by atoms with van der Waals surface area (Å²) in [5.41, 5.74) is 1.89. The summed E-state index contributed by atoms with van der Waals surface area (Å²) in [6.07, 6.45) is 8.50. The molecule has 3 fully saturated rings. The van der Waals surface area contributed by atoms with Crippen LogP contribution >= 0.6 is 0 Å². The van der Waals surface area contributed by atoms with Gasteiger partial charge in [0, 0.05) is 39.0 Å². The molecule has 0 aromatic carbocycles. The van der Waals surface area contributed by atoms with Crippen molar-refractivity contribution < 1.29 is 53.1 Å². The lowest BCUT2D eigenvalue weighted by Gasteiger charge is -2.47. The number of piperidine rings is 1. The van der Waals surface area contributed by atoms with Crippen molar-refractivity contribution in [3.8, 4) is 0 Å². The number of amides is 1. The van der Waals surface area contributed by atoms with Crippen molar-refractivity contribution >= 4 is 23.4 Å². The topological polar surface area (TPSA) is 158 Å². The number of aliphatic hydroxyl groups is 2. The van der Waals surface area contributed by atoms with Crippen molar-refractivity contribution in [2.45, 2.75) is 167 Å². The van der Waals surface area contributed by atoms with E-state index in [0.717, 1.165) is 17.6 Å². The Hall–Kier alpha value is -2.74. The largest absolute Gasteiger partial charge is 0.456 e. The SMILES string of the molecule is C=CCOC1CC(C=C(C)C2OC(=O)C3CCCCN3C(=O)C(=O)C3(O)OC(C(OC)CC(C)CC(C)=CC(CC)C(=O)CCC2C)C(OC)CC3C)CCC1O. The fraction of sp³-hybridized carbons (Fsp3) is 0.778. The lowest BCUT2D eigenvalue weighted by molar-refractivity contribution is -0.302. The molecular formula is C45H71NO11. The molecule has 12 nitrogen and oxygen atoms in total. The van der Waals surface area contributed by atoms with Gasteiger partial charge >= 0.3 is 5.97 Å².